The summed E-state index contributed by atoms with van der Waals surface area (Å²) in [4.78, 5) is 4.68. The first-order chi connectivity index (χ1) is 8.61. The third-order valence-corrected chi connectivity index (χ3v) is 3.78. The summed E-state index contributed by atoms with van der Waals surface area (Å²) in [5, 5.41) is 3.56. The van der Waals surface area contributed by atoms with Crippen molar-refractivity contribution in [1.82, 2.24) is 5.32 Å². The van der Waals surface area contributed by atoms with Crippen LogP contribution in [0.5, 0.6) is 0 Å². The SMILES string of the molecule is CCC1CNC(C)CN1c1ccc(N(C)C)cc1. The van der Waals surface area contributed by atoms with Crippen LogP contribution in [0.3, 0.4) is 0 Å². The Morgan fingerprint density at radius 2 is 1.94 bits per heavy atom. The molecule has 0 saturated carbocycles. The zero-order valence-corrected chi connectivity index (χ0v) is 12.0. The molecule has 1 N–H and O–H groups in total. The first kappa shape index (κ1) is 13.2. The predicted molar refractivity (Wildman–Crippen MR) is 79.7 cm³/mol. The molecule has 100 valence electrons. The van der Waals surface area contributed by atoms with Gasteiger partial charge in [0.15, 0.2) is 0 Å². The second kappa shape index (κ2) is 5.61. The molecule has 0 spiro atoms. The lowest BCUT2D eigenvalue weighted by molar-refractivity contribution is 0.402. The maximum atomic E-state index is 3.56. The Labute approximate surface area is 111 Å². The van der Waals surface area contributed by atoms with E-state index in [0.717, 1.165) is 13.1 Å². The molecule has 1 aromatic carbocycles. The minimum atomic E-state index is 0.571. The molecule has 0 bridgehead atoms. The fourth-order valence-electron chi connectivity index (χ4n) is 2.58. The van der Waals surface area contributed by atoms with Crippen molar-refractivity contribution < 1.29 is 0 Å². The van der Waals surface area contributed by atoms with Crippen LogP contribution in [0.2, 0.25) is 0 Å². The predicted octanol–water partition coefficient (Wildman–Crippen LogP) is 2.33. The van der Waals surface area contributed by atoms with Gasteiger partial charge in [-0.15, -0.1) is 0 Å². The van der Waals surface area contributed by atoms with Gasteiger partial charge in [-0.25, -0.2) is 0 Å². The number of nitrogens with zero attached hydrogens (tertiary/aromatic N) is 2. The Morgan fingerprint density at radius 3 is 2.50 bits per heavy atom. The van der Waals surface area contributed by atoms with Crippen molar-refractivity contribution in [3.05, 3.63) is 24.3 Å². The normalized spacial score (nSPS) is 24.1. The molecule has 1 fully saturated rings. The van der Waals surface area contributed by atoms with Crippen molar-refractivity contribution in [3.8, 4) is 0 Å². The molecule has 1 heterocycles. The van der Waals surface area contributed by atoms with E-state index in [1.54, 1.807) is 0 Å². The lowest BCUT2D eigenvalue weighted by atomic mass is 10.1. The van der Waals surface area contributed by atoms with Gasteiger partial charge in [0.2, 0.25) is 0 Å². The van der Waals surface area contributed by atoms with E-state index < -0.39 is 0 Å². The van der Waals surface area contributed by atoms with Crippen LogP contribution in [0, 0.1) is 0 Å². The van der Waals surface area contributed by atoms with Gasteiger partial charge in [-0.05, 0) is 37.6 Å². The number of hydrogen-bond donors (Lipinski definition) is 1. The van der Waals surface area contributed by atoms with Crippen LogP contribution >= 0.6 is 0 Å². The second-order valence-electron chi connectivity index (χ2n) is 5.43. The van der Waals surface area contributed by atoms with Crippen LogP contribution < -0.4 is 15.1 Å². The van der Waals surface area contributed by atoms with Crippen molar-refractivity contribution in [2.45, 2.75) is 32.4 Å². The molecule has 1 aromatic rings. The van der Waals surface area contributed by atoms with Gasteiger partial charge in [-0.1, -0.05) is 6.92 Å². The van der Waals surface area contributed by atoms with Crippen molar-refractivity contribution in [2.24, 2.45) is 0 Å². The van der Waals surface area contributed by atoms with Gasteiger partial charge in [-0.2, -0.15) is 0 Å². The van der Waals surface area contributed by atoms with Crippen LogP contribution in [0.15, 0.2) is 24.3 Å². The number of piperazine rings is 1. The van der Waals surface area contributed by atoms with Crippen molar-refractivity contribution >= 4 is 11.4 Å². The van der Waals surface area contributed by atoms with Crippen LogP contribution in [0.1, 0.15) is 20.3 Å². The van der Waals surface area contributed by atoms with E-state index >= 15 is 0 Å². The molecule has 0 radical (unpaired) electrons. The molecule has 1 aliphatic rings. The van der Waals surface area contributed by atoms with E-state index in [0.29, 0.717) is 12.1 Å². The summed E-state index contributed by atoms with van der Waals surface area (Å²) in [7, 11) is 4.16. The zero-order chi connectivity index (χ0) is 13.1. The first-order valence-electron chi connectivity index (χ1n) is 6.89. The highest BCUT2D eigenvalue weighted by Gasteiger charge is 2.24. The molecule has 0 aliphatic carbocycles. The molecule has 1 saturated heterocycles. The number of rotatable bonds is 3. The van der Waals surface area contributed by atoms with E-state index in [1.165, 1.54) is 17.8 Å². The van der Waals surface area contributed by atoms with E-state index in [9.17, 15) is 0 Å². The topological polar surface area (TPSA) is 18.5 Å². The molecular formula is C15H25N3. The highest BCUT2D eigenvalue weighted by molar-refractivity contribution is 5.56. The van der Waals surface area contributed by atoms with Crippen LogP contribution in [0.25, 0.3) is 0 Å². The summed E-state index contributed by atoms with van der Waals surface area (Å²) in [6.45, 7) is 6.71. The summed E-state index contributed by atoms with van der Waals surface area (Å²) in [6.07, 6.45) is 1.19. The van der Waals surface area contributed by atoms with Crippen molar-refractivity contribution in [2.75, 3.05) is 37.0 Å². The average molecular weight is 247 g/mol. The summed E-state index contributed by atoms with van der Waals surface area (Å²) >= 11 is 0. The van der Waals surface area contributed by atoms with E-state index in [-0.39, 0.29) is 0 Å². The number of hydrogen-bond acceptors (Lipinski definition) is 3. The Balaban J connectivity index is 2.17. The van der Waals surface area contributed by atoms with Gasteiger partial charge in [0.1, 0.15) is 0 Å². The quantitative estimate of drug-likeness (QED) is 0.884. The highest BCUT2D eigenvalue weighted by atomic mass is 15.2. The molecular weight excluding hydrogens is 222 g/mol. The largest absolute Gasteiger partial charge is 0.378 e. The zero-order valence-electron chi connectivity index (χ0n) is 12.0. The molecule has 2 rings (SSSR count). The van der Waals surface area contributed by atoms with Gasteiger partial charge in [0, 0.05) is 50.6 Å². The highest BCUT2D eigenvalue weighted by Crippen LogP contribution is 2.24. The van der Waals surface area contributed by atoms with Gasteiger partial charge < -0.3 is 15.1 Å². The fourth-order valence-corrected chi connectivity index (χ4v) is 2.58. The van der Waals surface area contributed by atoms with E-state index in [4.69, 9.17) is 0 Å². The number of nitrogens with one attached hydrogen (secondary N) is 1. The molecule has 18 heavy (non-hydrogen) atoms. The third-order valence-electron chi connectivity index (χ3n) is 3.78. The Morgan fingerprint density at radius 1 is 1.28 bits per heavy atom. The standard InChI is InChI=1S/C15H25N3/c1-5-13-10-16-12(2)11-18(13)15-8-6-14(7-9-15)17(3)4/h6-9,12-13,16H,5,10-11H2,1-4H3. The molecule has 0 amide bonds. The third kappa shape index (κ3) is 2.78. The number of anilines is 2. The van der Waals surface area contributed by atoms with Crippen molar-refractivity contribution in [3.63, 3.8) is 0 Å². The Kier molecular flexibility index (Phi) is 4.12. The molecule has 1 aliphatic heterocycles. The molecule has 3 nitrogen and oxygen atoms in total. The van der Waals surface area contributed by atoms with Gasteiger partial charge in [0.05, 0.1) is 0 Å². The van der Waals surface area contributed by atoms with Gasteiger partial charge >= 0.3 is 0 Å². The minimum Gasteiger partial charge on any atom is -0.378 e. The maximum Gasteiger partial charge on any atom is 0.0412 e. The Bertz CT molecular complexity index is 372. The van der Waals surface area contributed by atoms with Crippen LogP contribution in [-0.4, -0.2) is 39.3 Å². The first-order valence-corrected chi connectivity index (χ1v) is 6.89. The number of benzene rings is 1. The molecule has 2 atom stereocenters. The van der Waals surface area contributed by atoms with Crippen LogP contribution in [0.4, 0.5) is 11.4 Å². The van der Waals surface area contributed by atoms with E-state index in [1.807, 2.05) is 0 Å². The monoisotopic (exact) mass is 247 g/mol. The molecule has 2 unspecified atom stereocenters. The summed E-state index contributed by atoms with van der Waals surface area (Å²) in [5.74, 6) is 0. The summed E-state index contributed by atoms with van der Waals surface area (Å²) in [6, 6.07) is 10.1. The van der Waals surface area contributed by atoms with Crippen LogP contribution in [-0.2, 0) is 0 Å². The lowest BCUT2D eigenvalue weighted by Gasteiger charge is -2.40. The maximum absolute atomic E-state index is 3.56. The molecule has 3 heteroatoms. The lowest BCUT2D eigenvalue weighted by Crippen LogP contribution is -2.55. The van der Waals surface area contributed by atoms with E-state index in [2.05, 4.69) is 67.3 Å². The minimum absolute atomic E-state index is 0.571. The summed E-state index contributed by atoms with van der Waals surface area (Å²) < 4.78 is 0. The smallest absolute Gasteiger partial charge is 0.0412 e. The Hall–Kier alpha value is -1.22. The second-order valence-corrected chi connectivity index (χ2v) is 5.43. The average Bonchev–Trinajstić information content (AvgIpc) is 2.39. The van der Waals surface area contributed by atoms with Crippen molar-refractivity contribution in [1.29, 1.82) is 0 Å². The van der Waals surface area contributed by atoms with Gasteiger partial charge in [-0.3, -0.25) is 0 Å². The molecule has 0 aromatic heterocycles. The summed E-state index contributed by atoms with van der Waals surface area (Å²) in [5.41, 5.74) is 2.61. The fraction of sp³-hybridized carbons (Fsp3) is 0.600. The van der Waals surface area contributed by atoms with Gasteiger partial charge in [0.25, 0.3) is 0 Å².